The van der Waals surface area contributed by atoms with E-state index in [-0.39, 0.29) is 23.7 Å². The fraction of sp³-hybridized carbons (Fsp3) is 0.714. The smallest absolute Gasteiger partial charge is 0.333 e. The van der Waals surface area contributed by atoms with Crippen LogP contribution in [0.15, 0.2) is 23.3 Å². The molecule has 1 unspecified atom stereocenters. The SMILES string of the molecule is CC1=C(C)C(=O)O[C@@H]2C[C@@H](CC[C@H](C)C=CCC1)O[C@@](O)(C1CSC(=O)N1)C2. The molecule has 0 aromatic rings. The zero-order chi connectivity index (χ0) is 20.3. The first-order valence-corrected chi connectivity index (χ1v) is 11.1. The number of carbonyl (C=O) groups is 2. The molecule has 3 rings (SSSR count). The van der Waals surface area contributed by atoms with E-state index in [0.29, 0.717) is 23.7 Å². The summed E-state index contributed by atoms with van der Waals surface area (Å²) in [5.74, 6) is -0.991. The highest BCUT2D eigenvalue weighted by atomic mass is 32.2. The molecule has 2 saturated heterocycles. The predicted octanol–water partition coefficient (Wildman–Crippen LogP) is 3.69. The average Bonchev–Trinajstić information content (AvgIpc) is 3.09. The Hall–Kier alpha value is -1.31. The number of thioether (sulfide) groups is 1. The zero-order valence-corrected chi connectivity index (χ0v) is 17.7. The van der Waals surface area contributed by atoms with Crippen LogP contribution in [0, 0.1) is 5.92 Å². The largest absolute Gasteiger partial charge is 0.459 e. The van der Waals surface area contributed by atoms with Crippen LogP contribution >= 0.6 is 11.8 Å². The minimum Gasteiger partial charge on any atom is -0.459 e. The van der Waals surface area contributed by atoms with E-state index in [4.69, 9.17) is 9.47 Å². The van der Waals surface area contributed by atoms with E-state index in [1.807, 2.05) is 6.92 Å². The van der Waals surface area contributed by atoms with Gasteiger partial charge < -0.3 is 19.9 Å². The van der Waals surface area contributed by atoms with Gasteiger partial charge in [-0.05, 0) is 45.4 Å². The van der Waals surface area contributed by atoms with Gasteiger partial charge in [-0.3, -0.25) is 4.79 Å². The molecule has 2 fully saturated rings. The van der Waals surface area contributed by atoms with Gasteiger partial charge in [-0.25, -0.2) is 4.79 Å². The predicted molar refractivity (Wildman–Crippen MR) is 109 cm³/mol. The van der Waals surface area contributed by atoms with Crippen molar-refractivity contribution in [2.24, 2.45) is 5.92 Å². The monoisotopic (exact) mass is 409 g/mol. The van der Waals surface area contributed by atoms with Gasteiger partial charge in [0.05, 0.1) is 12.1 Å². The van der Waals surface area contributed by atoms with E-state index in [2.05, 4.69) is 24.4 Å². The van der Waals surface area contributed by atoms with Crippen LogP contribution in [0.4, 0.5) is 4.79 Å². The van der Waals surface area contributed by atoms with Crippen molar-refractivity contribution in [3.05, 3.63) is 23.3 Å². The van der Waals surface area contributed by atoms with Crippen LogP contribution in [0.1, 0.15) is 59.3 Å². The van der Waals surface area contributed by atoms with Crippen molar-refractivity contribution in [3.63, 3.8) is 0 Å². The lowest BCUT2D eigenvalue weighted by Gasteiger charge is -2.43. The molecule has 3 heterocycles. The third kappa shape index (κ3) is 5.19. The topological polar surface area (TPSA) is 84.9 Å². The lowest BCUT2D eigenvalue weighted by atomic mass is 9.90. The van der Waals surface area contributed by atoms with Gasteiger partial charge in [-0.1, -0.05) is 36.4 Å². The molecule has 2 N–H and O–H groups in total. The second-order valence-corrected chi connectivity index (χ2v) is 9.27. The first-order valence-electron chi connectivity index (χ1n) is 10.1. The Morgan fingerprint density at radius 1 is 1.25 bits per heavy atom. The van der Waals surface area contributed by atoms with Crippen LogP contribution in [0.2, 0.25) is 0 Å². The van der Waals surface area contributed by atoms with Crippen LogP contribution in [-0.4, -0.2) is 46.1 Å². The van der Waals surface area contributed by atoms with E-state index < -0.39 is 17.9 Å². The highest BCUT2D eigenvalue weighted by molar-refractivity contribution is 8.14. The van der Waals surface area contributed by atoms with E-state index in [0.717, 1.165) is 43.0 Å². The summed E-state index contributed by atoms with van der Waals surface area (Å²) in [6, 6.07) is -0.497. The number of hydrogen-bond donors (Lipinski definition) is 2. The molecule has 156 valence electrons. The molecule has 5 atom stereocenters. The Balaban J connectivity index is 1.82. The summed E-state index contributed by atoms with van der Waals surface area (Å²) < 4.78 is 11.9. The zero-order valence-electron chi connectivity index (χ0n) is 16.9. The van der Waals surface area contributed by atoms with Crippen molar-refractivity contribution < 1.29 is 24.2 Å². The van der Waals surface area contributed by atoms with E-state index in [1.165, 1.54) is 0 Å². The summed E-state index contributed by atoms with van der Waals surface area (Å²) in [5.41, 5.74) is 1.66. The summed E-state index contributed by atoms with van der Waals surface area (Å²) in [6.45, 7) is 5.94. The van der Waals surface area contributed by atoms with Crippen molar-refractivity contribution in [2.75, 3.05) is 5.75 Å². The molecule has 28 heavy (non-hydrogen) atoms. The Morgan fingerprint density at radius 2 is 2.04 bits per heavy atom. The molecular weight excluding hydrogens is 378 g/mol. The summed E-state index contributed by atoms with van der Waals surface area (Å²) in [7, 11) is 0. The van der Waals surface area contributed by atoms with Gasteiger partial charge in [0.15, 0.2) is 5.79 Å². The van der Waals surface area contributed by atoms with Crippen molar-refractivity contribution in [2.45, 2.75) is 83.3 Å². The second-order valence-electron chi connectivity index (χ2n) is 8.27. The molecule has 2 bridgehead atoms. The van der Waals surface area contributed by atoms with Gasteiger partial charge >= 0.3 is 5.97 Å². The number of esters is 1. The van der Waals surface area contributed by atoms with Gasteiger partial charge in [0, 0.05) is 24.2 Å². The van der Waals surface area contributed by atoms with Gasteiger partial charge in [-0.2, -0.15) is 0 Å². The van der Waals surface area contributed by atoms with E-state index in [1.54, 1.807) is 6.92 Å². The fourth-order valence-electron chi connectivity index (χ4n) is 3.98. The first kappa shape index (κ1) is 21.4. The summed E-state index contributed by atoms with van der Waals surface area (Å²) in [6.07, 6.45) is 7.89. The standard InChI is InChI=1S/C21H31NO5S/c1-13-6-4-5-7-14(2)15(3)19(23)26-17-10-16(9-8-13)27-21(25,11-17)18-12-28-20(24)22-18/h4,6,13,16-18,25H,5,7-12H2,1-3H3,(H,22,24)/t13-,16-,17-,18?,21-/m1/s1. The molecule has 0 aromatic carbocycles. The van der Waals surface area contributed by atoms with Crippen molar-refractivity contribution in [1.82, 2.24) is 5.32 Å². The quantitative estimate of drug-likeness (QED) is 0.507. The molecule has 0 spiro atoms. The van der Waals surface area contributed by atoms with Crippen molar-refractivity contribution in [1.29, 1.82) is 0 Å². The van der Waals surface area contributed by atoms with Gasteiger partial charge in [0.2, 0.25) is 0 Å². The van der Waals surface area contributed by atoms with Gasteiger partial charge in [0.25, 0.3) is 5.24 Å². The highest BCUT2D eigenvalue weighted by Gasteiger charge is 2.49. The lowest BCUT2D eigenvalue weighted by Crippen LogP contribution is -2.58. The molecule has 0 saturated carbocycles. The molecule has 1 amide bonds. The van der Waals surface area contributed by atoms with Gasteiger partial charge in [0.1, 0.15) is 6.10 Å². The van der Waals surface area contributed by atoms with Crippen LogP contribution < -0.4 is 5.32 Å². The number of amides is 1. The fourth-order valence-corrected chi connectivity index (χ4v) is 4.87. The molecule has 0 radical (unpaired) electrons. The van der Waals surface area contributed by atoms with Crippen LogP contribution in [0.3, 0.4) is 0 Å². The molecule has 3 aliphatic rings. The molecular formula is C21H31NO5S. The third-order valence-electron chi connectivity index (χ3n) is 5.95. The number of aliphatic hydroxyl groups is 1. The molecule has 6 nitrogen and oxygen atoms in total. The van der Waals surface area contributed by atoms with Crippen LogP contribution in [-0.2, 0) is 14.3 Å². The first-order chi connectivity index (χ1) is 13.3. The summed E-state index contributed by atoms with van der Waals surface area (Å²) in [4.78, 5) is 24.3. The Labute approximate surface area is 171 Å². The van der Waals surface area contributed by atoms with E-state index in [9.17, 15) is 14.7 Å². The third-order valence-corrected chi connectivity index (χ3v) is 6.83. The van der Waals surface area contributed by atoms with Gasteiger partial charge in [-0.15, -0.1) is 0 Å². The molecule has 3 aliphatic heterocycles. The summed E-state index contributed by atoms with van der Waals surface area (Å²) >= 11 is 1.14. The maximum Gasteiger partial charge on any atom is 0.333 e. The summed E-state index contributed by atoms with van der Waals surface area (Å²) in [5, 5.41) is 13.8. The highest BCUT2D eigenvalue weighted by Crippen LogP contribution is 2.37. The number of fused-ring (bicyclic) bond motifs is 2. The second kappa shape index (κ2) is 9.01. The van der Waals surface area contributed by atoms with Crippen molar-refractivity contribution >= 4 is 23.0 Å². The number of ether oxygens (including phenoxy) is 2. The lowest BCUT2D eigenvalue weighted by molar-refractivity contribution is -0.283. The number of hydrogen-bond acceptors (Lipinski definition) is 6. The molecule has 7 heteroatoms. The molecule has 0 aromatic heterocycles. The van der Waals surface area contributed by atoms with Crippen molar-refractivity contribution in [3.8, 4) is 0 Å². The normalized spacial score (nSPS) is 38.0. The number of rotatable bonds is 1. The average molecular weight is 410 g/mol. The number of allylic oxidation sites excluding steroid dienone is 3. The maximum absolute atomic E-state index is 12.6. The van der Waals surface area contributed by atoms with E-state index >= 15 is 0 Å². The maximum atomic E-state index is 12.6. The van der Waals surface area contributed by atoms with Crippen LogP contribution in [0.25, 0.3) is 0 Å². The minimum absolute atomic E-state index is 0.159. The Bertz CT molecular complexity index is 676. The minimum atomic E-state index is -1.52. The molecule has 0 aliphatic carbocycles. The number of nitrogens with one attached hydrogen (secondary N) is 1. The number of carbonyl (C=O) groups excluding carboxylic acids is 2. The Kier molecular flexibility index (Phi) is 6.89. The van der Waals surface area contributed by atoms with Crippen LogP contribution in [0.5, 0.6) is 0 Å². The Morgan fingerprint density at radius 3 is 2.75 bits per heavy atom.